The van der Waals surface area contributed by atoms with Gasteiger partial charge in [0.05, 0.1) is 6.61 Å². The van der Waals surface area contributed by atoms with Crippen molar-refractivity contribution < 1.29 is 14.3 Å². The first-order chi connectivity index (χ1) is 15.7. The van der Waals surface area contributed by atoms with E-state index in [2.05, 4.69) is 45.4 Å². The fraction of sp³-hybridized carbons (Fsp3) is 0.346. The van der Waals surface area contributed by atoms with Gasteiger partial charge in [-0.05, 0) is 71.4 Å². The van der Waals surface area contributed by atoms with Gasteiger partial charge in [0, 0.05) is 45.5 Å². The first kappa shape index (κ1) is 23.2. The highest BCUT2D eigenvalue weighted by Crippen LogP contribution is 2.46. The fourth-order valence-electron chi connectivity index (χ4n) is 4.63. The van der Waals surface area contributed by atoms with E-state index in [0.717, 1.165) is 33.6 Å². The molecule has 1 atom stereocenters. The van der Waals surface area contributed by atoms with E-state index in [1.165, 1.54) is 0 Å². The summed E-state index contributed by atoms with van der Waals surface area (Å²) >= 11 is 3.36. The quantitative estimate of drug-likeness (QED) is 0.557. The summed E-state index contributed by atoms with van der Waals surface area (Å²) in [6, 6.07) is 11.2. The molecule has 7 heteroatoms. The molecule has 1 amide bonds. The summed E-state index contributed by atoms with van der Waals surface area (Å²) in [6.45, 7) is 8.60. The summed E-state index contributed by atoms with van der Waals surface area (Å²) in [6.07, 6.45) is 2.83. The number of ketones is 1. The van der Waals surface area contributed by atoms with E-state index in [0.29, 0.717) is 30.0 Å². The molecule has 1 aliphatic heterocycles. The Morgan fingerprint density at radius 2 is 1.94 bits per heavy atom. The summed E-state index contributed by atoms with van der Waals surface area (Å²) < 4.78 is 6.42. The number of allylic oxidation sites excluding steroid dienone is 3. The number of aromatic nitrogens is 1. The number of ether oxygens (including phenoxy) is 1. The zero-order chi connectivity index (χ0) is 23.8. The fourth-order valence-corrected chi connectivity index (χ4v) is 4.86. The second-order valence-corrected chi connectivity index (χ2v) is 10.2. The van der Waals surface area contributed by atoms with Gasteiger partial charge in [-0.1, -0.05) is 26.0 Å². The maximum atomic E-state index is 13.5. The van der Waals surface area contributed by atoms with Crippen LogP contribution in [0.5, 0.6) is 5.75 Å². The first-order valence-corrected chi connectivity index (χ1v) is 11.9. The minimum absolute atomic E-state index is 0.0761. The van der Waals surface area contributed by atoms with Gasteiger partial charge in [0.2, 0.25) is 0 Å². The molecule has 1 aromatic heterocycles. The van der Waals surface area contributed by atoms with E-state index < -0.39 is 5.92 Å². The number of pyridine rings is 1. The standard InChI is InChI=1S/C26H28BrN3O3/c1-5-33-18-9-6-16(7-10-18)23-22(25(32)30-21-11-8-17(27)14-28-21)15(2)29-19-12-26(3,4)13-20(31)24(19)23/h6-11,14,23,29H,5,12-13H2,1-4H3,(H,28,30,32). The van der Waals surface area contributed by atoms with Gasteiger partial charge in [0.1, 0.15) is 11.6 Å². The minimum atomic E-state index is -0.462. The second kappa shape index (κ2) is 9.14. The number of nitrogens with zero attached hydrogens (tertiary/aromatic N) is 1. The lowest BCUT2D eigenvalue weighted by Gasteiger charge is -2.39. The topological polar surface area (TPSA) is 80.3 Å². The highest BCUT2D eigenvalue weighted by atomic mass is 79.9. The maximum absolute atomic E-state index is 13.5. The molecular formula is C26H28BrN3O3. The Kier molecular flexibility index (Phi) is 6.43. The van der Waals surface area contributed by atoms with Crippen molar-refractivity contribution in [1.29, 1.82) is 0 Å². The molecular weight excluding hydrogens is 482 g/mol. The molecule has 6 nitrogen and oxygen atoms in total. The molecule has 172 valence electrons. The lowest BCUT2D eigenvalue weighted by atomic mass is 9.68. The van der Waals surface area contributed by atoms with Crippen LogP contribution >= 0.6 is 15.9 Å². The third-order valence-corrected chi connectivity index (χ3v) is 6.45. The van der Waals surface area contributed by atoms with Crippen LogP contribution in [0.2, 0.25) is 0 Å². The number of carbonyl (C=O) groups is 2. The zero-order valence-electron chi connectivity index (χ0n) is 19.3. The summed E-state index contributed by atoms with van der Waals surface area (Å²) in [5, 5.41) is 6.29. The first-order valence-electron chi connectivity index (χ1n) is 11.1. The average Bonchev–Trinajstić information content (AvgIpc) is 2.74. The third kappa shape index (κ3) is 4.88. The summed E-state index contributed by atoms with van der Waals surface area (Å²) in [7, 11) is 0. The number of hydrogen-bond acceptors (Lipinski definition) is 5. The van der Waals surface area contributed by atoms with E-state index in [9.17, 15) is 9.59 Å². The average molecular weight is 510 g/mol. The van der Waals surface area contributed by atoms with Crippen LogP contribution in [0.25, 0.3) is 0 Å². The van der Waals surface area contributed by atoms with Crippen LogP contribution in [-0.4, -0.2) is 23.3 Å². The van der Waals surface area contributed by atoms with E-state index >= 15 is 0 Å². The Bertz CT molecular complexity index is 1150. The van der Waals surface area contributed by atoms with Crippen LogP contribution in [-0.2, 0) is 9.59 Å². The number of nitrogens with one attached hydrogen (secondary N) is 2. The van der Waals surface area contributed by atoms with Gasteiger partial charge in [-0.2, -0.15) is 0 Å². The monoisotopic (exact) mass is 509 g/mol. The van der Waals surface area contributed by atoms with Gasteiger partial charge in [0.15, 0.2) is 5.78 Å². The van der Waals surface area contributed by atoms with Gasteiger partial charge in [-0.15, -0.1) is 0 Å². The van der Waals surface area contributed by atoms with Crippen molar-refractivity contribution in [2.24, 2.45) is 5.41 Å². The number of rotatable bonds is 5. The molecule has 33 heavy (non-hydrogen) atoms. The van der Waals surface area contributed by atoms with Crippen molar-refractivity contribution in [1.82, 2.24) is 10.3 Å². The molecule has 1 unspecified atom stereocenters. The molecule has 2 aliphatic rings. The molecule has 1 aliphatic carbocycles. The van der Waals surface area contributed by atoms with Gasteiger partial charge in [0.25, 0.3) is 5.91 Å². The highest BCUT2D eigenvalue weighted by Gasteiger charge is 2.42. The van der Waals surface area contributed by atoms with Crippen molar-refractivity contribution in [3.05, 3.63) is 75.2 Å². The molecule has 0 fully saturated rings. The Hall–Kier alpha value is -2.93. The van der Waals surface area contributed by atoms with Gasteiger partial charge < -0.3 is 15.4 Å². The third-order valence-electron chi connectivity index (χ3n) is 5.98. The Labute approximate surface area is 202 Å². The molecule has 2 heterocycles. The van der Waals surface area contributed by atoms with Crippen LogP contribution in [0.1, 0.15) is 52.0 Å². The van der Waals surface area contributed by atoms with Crippen LogP contribution in [0.15, 0.2) is 69.6 Å². The molecule has 4 rings (SSSR count). The molecule has 0 saturated heterocycles. The van der Waals surface area contributed by atoms with E-state index in [1.54, 1.807) is 12.3 Å². The number of Topliss-reactive ketones (excluding diaryl/α,β-unsaturated/α-hetero) is 1. The smallest absolute Gasteiger partial charge is 0.255 e. The van der Waals surface area contributed by atoms with Crippen LogP contribution in [0, 0.1) is 5.41 Å². The largest absolute Gasteiger partial charge is 0.494 e. The number of carbonyl (C=O) groups excluding carboxylic acids is 2. The molecule has 0 saturated carbocycles. The summed E-state index contributed by atoms with van der Waals surface area (Å²) in [5.74, 6) is 0.539. The van der Waals surface area contributed by atoms with E-state index in [-0.39, 0.29) is 17.1 Å². The summed E-state index contributed by atoms with van der Waals surface area (Å²) in [5.41, 5.74) is 3.61. The van der Waals surface area contributed by atoms with Gasteiger partial charge in [-0.3, -0.25) is 9.59 Å². The molecule has 1 aromatic carbocycles. The number of hydrogen-bond donors (Lipinski definition) is 2. The molecule has 0 spiro atoms. The highest BCUT2D eigenvalue weighted by molar-refractivity contribution is 9.10. The Morgan fingerprint density at radius 1 is 1.21 bits per heavy atom. The van der Waals surface area contributed by atoms with Crippen molar-refractivity contribution in [2.75, 3.05) is 11.9 Å². The number of benzene rings is 1. The molecule has 0 bridgehead atoms. The number of amides is 1. The second-order valence-electron chi connectivity index (χ2n) is 9.25. The predicted octanol–water partition coefficient (Wildman–Crippen LogP) is 5.49. The molecule has 0 radical (unpaired) electrons. The minimum Gasteiger partial charge on any atom is -0.494 e. The summed E-state index contributed by atoms with van der Waals surface area (Å²) in [4.78, 5) is 31.1. The lowest BCUT2D eigenvalue weighted by Crippen LogP contribution is -2.39. The predicted molar refractivity (Wildman–Crippen MR) is 132 cm³/mol. The maximum Gasteiger partial charge on any atom is 0.255 e. The van der Waals surface area contributed by atoms with E-state index in [4.69, 9.17) is 4.74 Å². The van der Waals surface area contributed by atoms with Gasteiger partial charge >= 0.3 is 0 Å². The number of dihydropyridines is 1. The van der Waals surface area contributed by atoms with Crippen molar-refractivity contribution in [3.8, 4) is 5.75 Å². The lowest BCUT2D eigenvalue weighted by molar-refractivity contribution is -0.118. The van der Waals surface area contributed by atoms with E-state index in [1.807, 2.05) is 44.2 Å². The zero-order valence-corrected chi connectivity index (χ0v) is 20.9. The van der Waals surface area contributed by atoms with Gasteiger partial charge in [-0.25, -0.2) is 4.98 Å². The van der Waals surface area contributed by atoms with Crippen LogP contribution in [0.3, 0.4) is 0 Å². The number of anilines is 1. The van der Waals surface area contributed by atoms with Crippen molar-refractivity contribution in [3.63, 3.8) is 0 Å². The molecule has 2 aromatic rings. The van der Waals surface area contributed by atoms with Crippen LogP contribution in [0.4, 0.5) is 5.82 Å². The van der Waals surface area contributed by atoms with Crippen LogP contribution < -0.4 is 15.4 Å². The SMILES string of the molecule is CCOc1ccc(C2C(C(=O)Nc3ccc(Br)cn3)=C(C)NC3=C2C(=O)CC(C)(C)C3)cc1. The Balaban J connectivity index is 1.77. The normalized spacial score (nSPS) is 19.7. The Morgan fingerprint density at radius 3 is 2.58 bits per heavy atom. The van der Waals surface area contributed by atoms with Crippen molar-refractivity contribution in [2.45, 2.75) is 46.5 Å². The molecule has 2 N–H and O–H groups in total. The van der Waals surface area contributed by atoms with Crippen molar-refractivity contribution >= 4 is 33.4 Å². The number of halogens is 1.